The number of rotatable bonds is 2. The standard InChI is InChI=1S/C8H17N/c1-7(2)8(3)6-9(4)5/h6-7H,1-5H3. The van der Waals surface area contributed by atoms with Crippen LogP contribution in [0.5, 0.6) is 0 Å². The van der Waals surface area contributed by atoms with Crippen LogP contribution in [-0.4, -0.2) is 19.0 Å². The largest absolute Gasteiger partial charge is 0.384 e. The zero-order valence-corrected chi connectivity index (χ0v) is 7.10. The van der Waals surface area contributed by atoms with Gasteiger partial charge in [0.05, 0.1) is 0 Å². The molecule has 0 bridgehead atoms. The highest BCUT2D eigenvalue weighted by Gasteiger charge is 1.94. The van der Waals surface area contributed by atoms with Crippen LogP contribution in [-0.2, 0) is 0 Å². The van der Waals surface area contributed by atoms with Crippen LogP contribution in [0.25, 0.3) is 0 Å². The topological polar surface area (TPSA) is 3.24 Å². The third-order valence-electron chi connectivity index (χ3n) is 1.37. The minimum absolute atomic E-state index is 0.674. The maximum Gasteiger partial charge on any atom is 0.00556 e. The van der Waals surface area contributed by atoms with Crippen LogP contribution in [0.4, 0.5) is 0 Å². The van der Waals surface area contributed by atoms with Crippen LogP contribution < -0.4 is 0 Å². The highest BCUT2D eigenvalue weighted by atomic mass is 15.0. The van der Waals surface area contributed by atoms with Crippen molar-refractivity contribution >= 4 is 0 Å². The Balaban J connectivity index is 3.84. The molecule has 0 aromatic rings. The Morgan fingerprint density at radius 3 is 1.89 bits per heavy atom. The average Bonchev–Trinajstić information content (AvgIpc) is 1.63. The van der Waals surface area contributed by atoms with Gasteiger partial charge in [-0.3, -0.25) is 0 Å². The van der Waals surface area contributed by atoms with Gasteiger partial charge in [-0.25, -0.2) is 0 Å². The van der Waals surface area contributed by atoms with Crippen molar-refractivity contribution in [3.63, 3.8) is 0 Å². The number of allylic oxidation sites excluding steroid dienone is 1. The van der Waals surface area contributed by atoms with Gasteiger partial charge in [0, 0.05) is 14.1 Å². The number of nitrogens with zero attached hydrogens (tertiary/aromatic N) is 1. The van der Waals surface area contributed by atoms with Gasteiger partial charge in [0.2, 0.25) is 0 Å². The van der Waals surface area contributed by atoms with E-state index in [0.717, 1.165) is 0 Å². The summed E-state index contributed by atoms with van der Waals surface area (Å²) in [5.41, 5.74) is 1.43. The summed E-state index contributed by atoms with van der Waals surface area (Å²) in [6.07, 6.45) is 2.16. The second-order valence-corrected chi connectivity index (χ2v) is 2.99. The molecule has 0 aromatic heterocycles. The molecule has 0 amide bonds. The van der Waals surface area contributed by atoms with E-state index in [0.29, 0.717) is 5.92 Å². The monoisotopic (exact) mass is 127 g/mol. The zero-order valence-electron chi connectivity index (χ0n) is 7.10. The maximum absolute atomic E-state index is 2.20. The molecule has 0 atom stereocenters. The molecule has 0 heterocycles. The van der Waals surface area contributed by atoms with E-state index in [1.807, 2.05) is 14.1 Å². The fraction of sp³-hybridized carbons (Fsp3) is 0.750. The van der Waals surface area contributed by atoms with Gasteiger partial charge >= 0.3 is 0 Å². The van der Waals surface area contributed by atoms with E-state index in [4.69, 9.17) is 0 Å². The van der Waals surface area contributed by atoms with Crippen molar-refractivity contribution in [2.24, 2.45) is 5.92 Å². The summed E-state index contributed by atoms with van der Waals surface area (Å²) in [5, 5.41) is 0. The van der Waals surface area contributed by atoms with Gasteiger partial charge in [-0.1, -0.05) is 19.4 Å². The Labute approximate surface area is 58.4 Å². The van der Waals surface area contributed by atoms with Gasteiger partial charge in [-0.2, -0.15) is 0 Å². The van der Waals surface area contributed by atoms with Crippen molar-refractivity contribution in [1.29, 1.82) is 0 Å². The van der Waals surface area contributed by atoms with Gasteiger partial charge in [-0.15, -0.1) is 0 Å². The zero-order chi connectivity index (χ0) is 7.44. The molecule has 1 nitrogen and oxygen atoms in total. The molecule has 0 spiro atoms. The summed E-state index contributed by atoms with van der Waals surface area (Å²) >= 11 is 0. The summed E-state index contributed by atoms with van der Waals surface area (Å²) < 4.78 is 0. The Morgan fingerprint density at radius 2 is 1.78 bits per heavy atom. The van der Waals surface area contributed by atoms with E-state index in [1.54, 1.807) is 0 Å². The van der Waals surface area contributed by atoms with E-state index in [1.165, 1.54) is 5.57 Å². The summed E-state index contributed by atoms with van der Waals surface area (Å²) in [6.45, 7) is 6.56. The Bertz CT molecular complexity index is 101. The minimum atomic E-state index is 0.674. The van der Waals surface area contributed by atoms with Crippen molar-refractivity contribution in [2.75, 3.05) is 14.1 Å². The molecular weight excluding hydrogens is 110 g/mol. The van der Waals surface area contributed by atoms with Crippen LogP contribution >= 0.6 is 0 Å². The molecule has 0 rings (SSSR count). The molecule has 0 N–H and O–H groups in total. The maximum atomic E-state index is 2.20. The summed E-state index contributed by atoms with van der Waals surface area (Å²) in [4.78, 5) is 2.08. The first-order chi connectivity index (χ1) is 4.04. The normalized spacial score (nSPS) is 12.4. The quantitative estimate of drug-likeness (QED) is 0.549. The minimum Gasteiger partial charge on any atom is -0.384 e. The molecule has 0 aliphatic heterocycles. The van der Waals surface area contributed by atoms with Crippen LogP contribution in [0.2, 0.25) is 0 Å². The highest BCUT2D eigenvalue weighted by Crippen LogP contribution is 2.07. The van der Waals surface area contributed by atoms with Crippen molar-refractivity contribution in [1.82, 2.24) is 4.90 Å². The first-order valence-electron chi connectivity index (χ1n) is 3.38. The SMILES string of the molecule is CC(=CN(C)C)C(C)C. The van der Waals surface area contributed by atoms with Crippen molar-refractivity contribution in [3.8, 4) is 0 Å². The van der Waals surface area contributed by atoms with Crippen molar-refractivity contribution < 1.29 is 0 Å². The predicted molar refractivity (Wildman–Crippen MR) is 42.3 cm³/mol. The molecule has 0 fully saturated rings. The van der Waals surface area contributed by atoms with E-state index >= 15 is 0 Å². The lowest BCUT2D eigenvalue weighted by Crippen LogP contribution is -2.04. The summed E-state index contributed by atoms with van der Waals surface area (Å²) in [5.74, 6) is 0.674. The van der Waals surface area contributed by atoms with Crippen LogP contribution in [0.3, 0.4) is 0 Å². The molecule has 0 radical (unpaired) electrons. The van der Waals surface area contributed by atoms with E-state index < -0.39 is 0 Å². The van der Waals surface area contributed by atoms with Crippen molar-refractivity contribution in [2.45, 2.75) is 20.8 Å². The fourth-order valence-corrected chi connectivity index (χ4v) is 0.556. The van der Waals surface area contributed by atoms with Crippen molar-refractivity contribution in [3.05, 3.63) is 11.8 Å². The smallest absolute Gasteiger partial charge is 0.00556 e. The molecule has 0 aliphatic rings. The van der Waals surface area contributed by atoms with Crippen LogP contribution in [0.15, 0.2) is 11.8 Å². The molecule has 0 aliphatic carbocycles. The van der Waals surface area contributed by atoms with Crippen LogP contribution in [0.1, 0.15) is 20.8 Å². The van der Waals surface area contributed by atoms with Gasteiger partial charge in [-0.05, 0) is 19.0 Å². The third kappa shape index (κ3) is 4.07. The molecule has 54 valence electrons. The summed E-state index contributed by atoms with van der Waals surface area (Å²) in [7, 11) is 4.10. The molecule has 0 saturated carbocycles. The van der Waals surface area contributed by atoms with E-state index in [2.05, 4.69) is 31.9 Å². The van der Waals surface area contributed by atoms with E-state index in [9.17, 15) is 0 Å². The first kappa shape index (κ1) is 8.54. The average molecular weight is 127 g/mol. The molecule has 1 heteroatoms. The Kier molecular flexibility index (Phi) is 3.36. The van der Waals surface area contributed by atoms with Gasteiger partial charge in [0.15, 0.2) is 0 Å². The predicted octanol–water partition coefficient (Wildman–Crippen LogP) is 2.11. The fourth-order valence-electron chi connectivity index (χ4n) is 0.556. The molecular formula is C8H17N. The van der Waals surface area contributed by atoms with Crippen LogP contribution in [0, 0.1) is 5.92 Å². The lowest BCUT2D eigenvalue weighted by molar-refractivity contribution is 0.547. The molecule has 0 unspecified atom stereocenters. The van der Waals surface area contributed by atoms with Gasteiger partial charge in [0.1, 0.15) is 0 Å². The second-order valence-electron chi connectivity index (χ2n) is 2.99. The Morgan fingerprint density at radius 1 is 1.33 bits per heavy atom. The first-order valence-corrected chi connectivity index (χ1v) is 3.38. The summed E-state index contributed by atoms with van der Waals surface area (Å²) in [6, 6.07) is 0. The molecule has 0 saturated heterocycles. The highest BCUT2D eigenvalue weighted by molar-refractivity contribution is 4.98. The third-order valence-corrected chi connectivity index (χ3v) is 1.37. The Hall–Kier alpha value is -0.460. The lowest BCUT2D eigenvalue weighted by atomic mass is 10.1. The molecule has 0 aromatic carbocycles. The van der Waals surface area contributed by atoms with Gasteiger partial charge in [0.25, 0.3) is 0 Å². The van der Waals surface area contributed by atoms with E-state index in [-0.39, 0.29) is 0 Å². The molecule has 9 heavy (non-hydrogen) atoms. The number of hydrogen-bond acceptors (Lipinski definition) is 1. The number of hydrogen-bond donors (Lipinski definition) is 0. The van der Waals surface area contributed by atoms with Gasteiger partial charge < -0.3 is 4.90 Å². The lowest BCUT2D eigenvalue weighted by Gasteiger charge is -2.10. The second kappa shape index (κ2) is 3.54.